The first-order valence-electron chi connectivity index (χ1n) is 5.54. The van der Waals surface area contributed by atoms with E-state index in [-0.39, 0.29) is 0 Å². The van der Waals surface area contributed by atoms with E-state index in [1.54, 1.807) is 25.6 Å². The van der Waals surface area contributed by atoms with Crippen LogP contribution in [0.3, 0.4) is 0 Å². The maximum atomic E-state index is 12.4. The van der Waals surface area contributed by atoms with Crippen molar-refractivity contribution < 1.29 is 13.9 Å². The van der Waals surface area contributed by atoms with E-state index in [0.29, 0.717) is 5.75 Å². The number of aryl methyl sites for hydroxylation is 1. The van der Waals surface area contributed by atoms with Crippen LogP contribution in [0.15, 0.2) is 36.7 Å². The van der Waals surface area contributed by atoms with Gasteiger partial charge in [0.25, 0.3) is 0 Å². The summed E-state index contributed by atoms with van der Waals surface area (Å²) in [5.74, 6) is 1.23. The normalized spacial score (nSPS) is 10.2. The zero-order valence-corrected chi connectivity index (χ0v) is 10.3. The molecule has 18 heavy (non-hydrogen) atoms. The van der Waals surface area contributed by atoms with Gasteiger partial charge in [0.15, 0.2) is 0 Å². The standard InChI is InChI=1S/C14H14FNO2/c1-10-6-14(18-9-15)12(7-13(10)17-2)11-4-3-5-16-8-11/h3-8H,9H2,1-2H3. The fourth-order valence-corrected chi connectivity index (χ4v) is 1.81. The molecule has 2 aromatic rings. The maximum absolute atomic E-state index is 12.4. The van der Waals surface area contributed by atoms with Crippen LogP contribution in [0.1, 0.15) is 5.56 Å². The molecular weight excluding hydrogens is 233 g/mol. The third kappa shape index (κ3) is 2.42. The van der Waals surface area contributed by atoms with Crippen molar-refractivity contribution in [1.29, 1.82) is 0 Å². The fourth-order valence-electron chi connectivity index (χ4n) is 1.81. The van der Waals surface area contributed by atoms with E-state index in [9.17, 15) is 4.39 Å². The summed E-state index contributed by atoms with van der Waals surface area (Å²) in [5.41, 5.74) is 2.52. The summed E-state index contributed by atoms with van der Waals surface area (Å²) in [6.45, 7) is 1.02. The second-order valence-corrected chi connectivity index (χ2v) is 3.81. The zero-order valence-electron chi connectivity index (χ0n) is 10.3. The van der Waals surface area contributed by atoms with Gasteiger partial charge >= 0.3 is 0 Å². The second kappa shape index (κ2) is 5.49. The quantitative estimate of drug-likeness (QED) is 0.830. The first-order valence-corrected chi connectivity index (χ1v) is 5.54. The summed E-state index contributed by atoms with van der Waals surface area (Å²) in [6, 6.07) is 7.31. The molecular formula is C14H14FNO2. The van der Waals surface area contributed by atoms with Crippen molar-refractivity contribution in [2.75, 3.05) is 14.0 Å². The molecule has 0 bridgehead atoms. The van der Waals surface area contributed by atoms with Gasteiger partial charge in [0.2, 0.25) is 6.86 Å². The predicted octanol–water partition coefficient (Wildman–Crippen LogP) is 3.37. The summed E-state index contributed by atoms with van der Waals surface area (Å²) >= 11 is 0. The molecule has 4 heteroatoms. The lowest BCUT2D eigenvalue weighted by Crippen LogP contribution is -1.96. The van der Waals surface area contributed by atoms with Gasteiger partial charge in [-0.2, -0.15) is 0 Å². The molecule has 94 valence electrons. The minimum atomic E-state index is -0.862. The maximum Gasteiger partial charge on any atom is 0.228 e. The van der Waals surface area contributed by atoms with E-state index >= 15 is 0 Å². The molecule has 0 saturated heterocycles. The molecule has 3 nitrogen and oxygen atoms in total. The highest BCUT2D eigenvalue weighted by Gasteiger charge is 2.11. The number of benzene rings is 1. The van der Waals surface area contributed by atoms with Crippen LogP contribution in [0.4, 0.5) is 4.39 Å². The number of alkyl halides is 1. The van der Waals surface area contributed by atoms with Crippen molar-refractivity contribution >= 4 is 0 Å². The Morgan fingerprint density at radius 1 is 1.28 bits per heavy atom. The molecule has 1 heterocycles. The van der Waals surface area contributed by atoms with Crippen molar-refractivity contribution in [1.82, 2.24) is 4.98 Å². The Balaban J connectivity index is 2.56. The van der Waals surface area contributed by atoms with E-state index in [1.165, 1.54) is 0 Å². The van der Waals surface area contributed by atoms with Crippen LogP contribution in [0.2, 0.25) is 0 Å². The van der Waals surface area contributed by atoms with E-state index in [1.807, 2.05) is 25.1 Å². The van der Waals surface area contributed by atoms with Crippen molar-refractivity contribution in [3.05, 3.63) is 42.2 Å². The molecule has 1 aromatic heterocycles. The Morgan fingerprint density at radius 3 is 2.72 bits per heavy atom. The molecule has 0 fully saturated rings. The van der Waals surface area contributed by atoms with Gasteiger partial charge in [-0.25, -0.2) is 4.39 Å². The predicted molar refractivity (Wildman–Crippen MR) is 67.6 cm³/mol. The fraction of sp³-hybridized carbons (Fsp3) is 0.214. The van der Waals surface area contributed by atoms with E-state index in [0.717, 1.165) is 22.4 Å². The van der Waals surface area contributed by atoms with Crippen molar-refractivity contribution in [3.8, 4) is 22.6 Å². The monoisotopic (exact) mass is 247 g/mol. The molecule has 0 saturated carbocycles. The first kappa shape index (κ1) is 12.4. The lowest BCUT2D eigenvalue weighted by atomic mass is 10.0. The zero-order chi connectivity index (χ0) is 13.0. The average molecular weight is 247 g/mol. The summed E-state index contributed by atoms with van der Waals surface area (Å²) in [7, 11) is 1.60. The molecule has 0 atom stereocenters. The van der Waals surface area contributed by atoms with Gasteiger partial charge in [-0.05, 0) is 30.7 Å². The third-order valence-corrected chi connectivity index (χ3v) is 2.68. The highest BCUT2D eigenvalue weighted by Crippen LogP contribution is 2.35. The Kier molecular flexibility index (Phi) is 3.77. The Labute approximate surface area is 105 Å². The van der Waals surface area contributed by atoms with Crippen LogP contribution in [-0.2, 0) is 0 Å². The van der Waals surface area contributed by atoms with Crippen LogP contribution in [0.25, 0.3) is 11.1 Å². The summed E-state index contributed by atoms with van der Waals surface area (Å²) < 4.78 is 22.7. The number of hydrogen-bond acceptors (Lipinski definition) is 3. The van der Waals surface area contributed by atoms with Crippen LogP contribution < -0.4 is 9.47 Å². The molecule has 0 amide bonds. The smallest absolute Gasteiger partial charge is 0.228 e. The number of aromatic nitrogens is 1. The number of hydrogen-bond donors (Lipinski definition) is 0. The number of nitrogens with zero attached hydrogens (tertiary/aromatic N) is 1. The molecule has 0 spiro atoms. The van der Waals surface area contributed by atoms with Gasteiger partial charge in [0.05, 0.1) is 7.11 Å². The minimum absolute atomic E-state index is 0.490. The average Bonchev–Trinajstić information content (AvgIpc) is 2.40. The Morgan fingerprint density at radius 2 is 2.11 bits per heavy atom. The Bertz CT molecular complexity index is 529. The number of halogens is 1. The number of ether oxygens (including phenoxy) is 2. The molecule has 0 N–H and O–H groups in total. The molecule has 0 aliphatic rings. The van der Waals surface area contributed by atoms with Gasteiger partial charge < -0.3 is 9.47 Å². The lowest BCUT2D eigenvalue weighted by molar-refractivity contribution is 0.192. The lowest BCUT2D eigenvalue weighted by Gasteiger charge is -2.13. The highest BCUT2D eigenvalue weighted by atomic mass is 19.1. The molecule has 2 rings (SSSR count). The summed E-state index contributed by atoms with van der Waals surface area (Å²) in [5, 5.41) is 0. The van der Waals surface area contributed by atoms with Gasteiger partial charge in [0.1, 0.15) is 11.5 Å². The van der Waals surface area contributed by atoms with E-state index < -0.39 is 6.86 Å². The summed E-state index contributed by atoms with van der Waals surface area (Å²) in [4.78, 5) is 4.05. The molecule has 1 aromatic carbocycles. The first-order chi connectivity index (χ1) is 8.76. The number of methoxy groups -OCH3 is 1. The van der Waals surface area contributed by atoms with Crippen LogP contribution in [-0.4, -0.2) is 19.0 Å². The SMILES string of the molecule is COc1cc(-c2cccnc2)c(OCF)cc1C. The van der Waals surface area contributed by atoms with Crippen molar-refractivity contribution in [2.24, 2.45) is 0 Å². The molecule has 0 aliphatic heterocycles. The van der Waals surface area contributed by atoms with Gasteiger partial charge in [-0.15, -0.1) is 0 Å². The van der Waals surface area contributed by atoms with E-state index in [4.69, 9.17) is 9.47 Å². The highest BCUT2D eigenvalue weighted by molar-refractivity contribution is 5.72. The topological polar surface area (TPSA) is 31.4 Å². The number of pyridine rings is 1. The number of rotatable bonds is 4. The van der Waals surface area contributed by atoms with Gasteiger partial charge in [-0.3, -0.25) is 4.98 Å². The Hall–Kier alpha value is -2.10. The van der Waals surface area contributed by atoms with Crippen molar-refractivity contribution in [2.45, 2.75) is 6.92 Å². The van der Waals surface area contributed by atoms with E-state index in [2.05, 4.69) is 4.98 Å². The summed E-state index contributed by atoms with van der Waals surface area (Å²) in [6.07, 6.45) is 3.39. The van der Waals surface area contributed by atoms with Crippen LogP contribution in [0.5, 0.6) is 11.5 Å². The molecule has 0 unspecified atom stereocenters. The van der Waals surface area contributed by atoms with Gasteiger partial charge in [-0.1, -0.05) is 6.07 Å². The largest absolute Gasteiger partial charge is 0.496 e. The third-order valence-electron chi connectivity index (χ3n) is 2.68. The van der Waals surface area contributed by atoms with Crippen LogP contribution in [0, 0.1) is 6.92 Å². The van der Waals surface area contributed by atoms with Crippen LogP contribution >= 0.6 is 0 Å². The second-order valence-electron chi connectivity index (χ2n) is 3.81. The van der Waals surface area contributed by atoms with Crippen molar-refractivity contribution in [3.63, 3.8) is 0 Å². The minimum Gasteiger partial charge on any atom is -0.496 e. The molecule has 0 radical (unpaired) electrons. The molecule has 0 aliphatic carbocycles. The van der Waals surface area contributed by atoms with Gasteiger partial charge in [0, 0.05) is 23.5 Å².